The van der Waals surface area contributed by atoms with E-state index in [1.807, 2.05) is 6.92 Å². The van der Waals surface area contributed by atoms with Crippen LogP contribution in [0.25, 0.3) is 0 Å². The maximum absolute atomic E-state index is 11.9. The van der Waals surface area contributed by atoms with Gasteiger partial charge in [0.25, 0.3) is 0 Å². The minimum Gasteiger partial charge on any atom is -0.633 e. The summed E-state index contributed by atoms with van der Waals surface area (Å²) < 4.78 is -0.170. The van der Waals surface area contributed by atoms with Crippen molar-refractivity contribution in [3.8, 4) is 0 Å². The van der Waals surface area contributed by atoms with Crippen molar-refractivity contribution in [3.63, 3.8) is 0 Å². The highest BCUT2D eigenvalue weighted by molar-refractivity contribution is 4.63. The van der Waals surface area contributed by atoms with Gasteiger partial charge in [0.05, 0.1) is 20.1 Å². The average molecular weight is 401 g/mol. The number of quaternary nitrogens is 1. The van der Waals surface area contributed by atoms with Crippen LogP contribution in [0.1, 0.15) is 129 Å². The Morgan fingerprint density at radius 1 is 0.679 bits per heavy atom. The number of nitrogens with zero attached hydrogens (tertiary/aromatic N) is 1. The summed E-state index contributed by atoms with van der Waals surface area (Å²) in [5, 5.41) is 21.2. The van der Waals surface area contributed by atoms with E-state index >= 15 is 0 Å². The van der Waals surface area contributed by atoms with E-state index in [1.54, 1.807) is 7.05 Å². The molecule has 0 aliphatic rings. The van der Waals surface area contributed by atoms with Gasteiger partial charge in [0.1, 0.15) is 0 Å². The molecule has 0 saturated heterocycles. The van der Waals surface area contributed by atoms with Crippen LogP contribution in [0.4, 0.5) is 0 Å². The molecule has 4 nitrogen and oxygen atoms in total. The van der Waals surface area contributed by atoms with Crippen molar-refractivity contribution >= 4 is 0 Å². The van der Waals surface area contributed by atoms with Crippen molar-refractivity contribution in [2.24, 2.45) is 0 Å². The highest BCUT2D eigenvalue weighted by Crippen LogP contribution is 2.15. The molecule has 0 aliphatic heterocycles. The highest BCUT2D eigenvalue weighted by Gasteiger charge is 2.11. The van der Waals surface area contributed by atoms with Gasteiger partial charge >= 0.3 is 0 Å². The summed E-state index contributed by atoms with van der Waals surface area (Å²) in [6.45, 7) is 5.48. The second-order valence-corrected chi connectivity index (χ2v) is 9.04. The lowest BCUT2D eigenvalue weighted by molar-refractivity contribution is -0.859. The van der Waals surface area contributed by atoms with Crippen LogP contribution in [0.2, 0.25) is 0 Å². The molecule has 0 heterocycles. The number of hydrogen-bond donors (Lipinski definition) is 2. The Morgan fingerprint density at radius 2 is 1.07 bits per heavy atom. The highest BCUT2D eigenvalue weighted by atomic mass is 16.5. The minimum atomic E-state index is -0.170. The molecule has 0 rings (SSSR count). The fraction of sp³-hybridized carbons (Fsp3) is 1.00. The molecule has 28 heavy (non-hydrogen) atoms. The van der Waals surface area contributed by atoms with E-state index in [-0.39, 0.29) is 10.7 Å². The van der Waals surface area contributed by atoms with E-state index in [0.29, 0.717) is 13.1 Å². The Bertz CT molecular complexity index is 311. The lowest BCUT2D eigenvalue weighted by Crippen LogP contribution is -2.38. The summed E-state index contributed by atoms with van der Waals surface area (Å²) in [6.07, 6.45) is 23.5. The second kappa shape index (κ2) is 20.1. The fourth-order valence-electron chi connectivity index (χ4n) is 3.87. The van der Waals surface area contributed by atoms with Gasteiger partial charge in [-0.2, -0.15) is 0 Å². The molecule has 0 aliphatic carbocycles. The molecule has 0 aromatic heterocycles. The summed E-state index contributed by atoms with van der Waals surface area (Å²) in [5.74, 6) is 0. The van der Waals surface area contributed by atoms with Gasteiger partial charge in [0.15, 0.2) is 0 Å². The van der Waals surface area contributed by atoms with Crippen LogP contribution in [0.5, 0.6) is 0 Å². The molecule has 0 amide bonds. The summed E-state index contributed by atoms with van der Waals surface area (Å²) in [5.41, 5.74) is 2.45. The first-order valence-corrected chi connectivity index (χ1v) is 12.5. The number of hydrogen-bond acceptors (Lipinski definition) is 3. The van der Waals surface area contributed by atoms with E-state index in [0.717, 1.165) is 19.3 Å². The largest absolute Gasteiger partial charge is 0.633 e. The van der Waals surface area contributed by atoms with Gasteiger partial charge in [-0.3, -0.25) is 0 Å². The zero-order valence-corrected chi connectivity index (χ0v) is 19.5. The van der Waals surface area contributed by atoms with E-state index in [1.165, 1.54) is 96.3 Å². The van der Waals surface area contributed by atoms with Crippen molar-refractivity contribution in [1.29, 1.82) is 0 Å². The van der Waals surface area contributed by atoms with E-state index in [9.17, 15) is 10.4 Å². The molecule has 4 heteroatoms. The third-order valence-electron chi connectivity index (χ3n) is 6.19. The van der Waals surface area contributed by atoms with E-state index in [2.05, 4.69) is 12.4 Å². The van der Waals surface area contributed by atoms with Gasteiger partial charge in [-0.05, 0) is 26.2 Å². The van der Waals surface area contributed by atoms with Crippen LogP contribution in [0.15, 0.2) is 0 Å². The molecular formula is C24H52N2O2. The van der Waals surface area contributed by atoms with Crippen LogP contribution >= 0.6 is 0 Å². The number of unbranched alkanes of at least 4 members (excludes halogenated alkanes) is 14. The van der Waals surface area contributed by atoms with Crippen molar-refractivity contribution in [3.05, 3.63) is 5.21 Å². The van der Waals surface area contributed by atoms with Crippen molar-refractivity contribution in [1.82, 2.24) is 5.48 Å². The van der Waals surface area contributed by atoms with E-state index < -0.39 is 0 Å². The second-order valence-electron chi connectivity index (χ2n) is 9.04. The quantitative estimate of drug-likeness (QED) is 0.113. The summed E-state index contributed by atoms with van der Waals surface area (Å²) in [6, 6.07) is 0.152. The van der Waals surface area contributed by atoms with Gasteiger partial charge in [0.2, 0.25) is 0 Å². The van der Waals surface area contributed by atoms with Gasteiger partial charge in [0, 0.05) is 6.04 Å². The van der Waals surface area contributed by atoms with Crippen LogP contribution < -0.4 is 5.48 Å². The van der Waals surface area contributed by atoms with Crippen molar-refractivity contribution in [2.45, 2.75) is 135 Å². The molecule has 0 fully saturated rings. The molecule has 2 atom stereocenters. The summed E-state index contributed by atoms with van der Waals surface area (Å²) >= 11 is 0. The monoisotopic (exact) mass is 400 g/mol. The Balaban J connectivity index is 3.32. The minimum absolute atomic E-state index is 0.152. The zero-order chi connectivity index (χ0) is 20.9. The third-order valence-corrected chi connectivity index (χ3v) is 6.19. The molecule has 170 valence electrons. The first kappa shape index (κ1) is 27.8. The number of rotatable bonds is 22. The maximum Gasteiger partial charge on any atom is 0.0782 e. The van der Waals surface area contributed by atoms with Crippen molar-refractivity contribution in [2.75, 3.05) is 20.1 Å². The third kappa shape index (κ3) is 19.2. The number of hydroxylamine groups is 4. The first-order valence-electron chi connectivity index (χ1n) is 12.5. The topological polar surface area (TPSA) is 55.3 Å². The van der Waals surface area contributed by atoms with Gasteiger partial charge in [-0.25, -0.2) is 5.48 Å². The summed E-state index contributed by atoms with van der Waals surface area (Å²) in [4.78, 5) is 0. The molecular weight excluding hydrogens is 348 g/mol. The van der Waals surface area contributed by atoms with Crippen LogP contribution in [-0.2, 0) is 0 Å². The van der Waals surface area contributed by atoms with E-state index in [4.69, 9.17) is 0 Å². The SMILES string of the molecule is CCCCCCCCCCCCCCCCCC(CCC[N+](C)([O-])CC)NO. The Kier molecular flexibility index (Phi) is 20.0. The Labute approximate surface area is 176 Å². The molecule has 0 spiro atoms. The standard InChI is InChI=1S/C24H52N2O2/c1-4-6-7-8-9-10-11-12-13-14-15-16-17-18-19-21-24(25-27)22-20-23-26(3,28)5-2/h24-25,27H,4-23H2,1-3H3. The van der Waals surface area contributed by atoms with Crippen LogP contribution in [0.3, 0.4) is 0 Å². The van der Waals surface area contributed by atoms with Gasteiger partial charge in [-0.1, -0.05) is 103 Å². The van der Waals surface area contributed by atoms with Crippen molar-refractivity contribution < 1.29 is 9.85 Å². The predicted molar refractivity (Wildman–Crippen MR) is 122 cm³/mol. The Morgan fingerprint density at radius 3 is 1.46 bits per heavy atom. The maximum atomic E-state index is 11.9. The van der Waals surface area contributed by atoms with Crippen LogP contribution in [0, 0.1) is 5.21 Å². The van der Waals surface area contributed by atoms with Gasteiger partial charge < -0.3 is 15.1 Å². The predicted octanol–water partition coefficient (Wildman–Crippen LogP) is 7.34. The lowest BCUT2D eigenvalue weighted by atomic mass is 10.0. The lowest BCUT2D eigenvalue weighted by Gasteiger charge is -2.37. The van der Waals surface area contributed by atoms with Crippen LogP contribution in [-0.4, -0.2) is 36.0 Å². The number of nitrogens with one attached hydrogen (secondary N) is 1. The normalized spacial score (nSPS) is 14.9. The first-order chi connectivity index (χ1) is 13.6. The molecule has 2 unspecified atom stereocenters. The molecule has 0 saturated carbocycles. The molecule has 0 aromatic rings. The average Bonchev–Trinajstić information content (AvgIpc) is 2.69. The molecule has 0 aromatic carbocycles. The fourth-order valence-corrected chi connectivity index (χ4v) is 3.87. The van der Waals surface area contributed by atoms with Gasteiger partial charge in [-0.15, -0.1) is 0 Å². The Hall–Kier alpha value is -0.160. The summed E-state index contributed by atoms with van der Waals surface area (Å²) in [7, 11) is 1.73. The zero-order valence-electron chi connectivity index (χ0n) is 19.5. The molecule has 2 N–H and O–H groups in total. The molecule has 0 radical (unpaired) electrons. The molecule has 0 bridgehead atoms. The smallest absolute Gasteiger partial charge is 0.0782 e.